The van der Waals surface area contributed by atoms with E-state index in [0.717, 1.165) is 28.2 Å². The van der Waals surface area contributed by atoms with Crippen LogP contribution >= 0.6 is 0 Å². The number of ketones is 2. The largest absolute Gasteiger partial charge is 0.396 e. The molecular weight excluding hydrogens is 428 g/mol. The Hall–Kier alpha value is -4.10. The van der Waals surface area contributed by atoms with Crippen molar-refractivity contribution >= 4 is 22.9 Å². The molecule has 1 heterocycles. The van der Waals surface area contributed by atoms with Crippen LogP contribution in [0.3, 0.4) is 0 Å². The van der Waals surface area contributed by atoms with Gasteiger partial charge in [-0.05, 0) is 74.4 Å². The summed E-state index contributed by atoms with van der Waals surface area (Å²) in [7, 11) is 0. The smallest absolute Gasteiger partial charge is 0.193 e. The average Bonchev–Trinajstić information content (AvgIpc) is 3.28. The molecule has 0 amide bonds. The first-order chi connectivity index (χ1) is 16.4. The molecule has 0 aliphatic heterocycles. The second-order valence-electron chi connectivity index (χ2n) is 8.25. The van der Waals surface area contributed by atoms with Crippen LogP contribution in [0.15, 0.2) is 66.9 Å². The van der Waals surface area contributed by atoms with E-state index in [1.807, 2.05) is 68.4 Å². The number of aliphatic hydroxyl groups excluding tert-OH is 1. The second kappa shape index (κ2) is 9.80. The number of aryl methyl sites for hydroxylation is 2. The number of anilines is 2. The molecule has 0 atom stereocenters. The number of hydrogen-bond donors (Lipinski definition) is 2. The maximum absolute atomic E-state index is 13.4. The molecule has 0 saturated heterocycles. The molecular formula is C27H26N4O3. The molecule has 0 unspecified atom stereocenters. The van der Waals surface area contributed by atoms with Crippen LogP contribution in [0, 0.1) is 13.8 Å². The maximum Gasteiger partial charge on any atom is 0.193 e. The highest BCUT2D eigenvalue weighted by Gasteiger charge is 2.16. The van der Waals surface area contributed by atoms with Crippen molar-refractivity contribution in [3.05, 3.63) is 100 Å². The minimum atomic E-state index is -0.0716. The van der Waals surface area contributed by atoms with E-state index in [1.54, 1.807) is 16.9 Å². The molecule has 0 aliphatic rings. The van der Waals surface area contributed by atoms with E-state index < -0.39 is 0 Å². The molecule has 0 bridgehead atoms. The lowest BCUT2D eigenvalue weighted by atomic mass is 9.95. The highest BCUT2D eigenvalue weighted by Crippen LogP contribution is 2.24. The monoisotopic (exact) mass is 454 g/mol. The van der Waals surface area contributed by atoms with Gasteiger partial charge in [-0.15, -0.1) is 5.10 Å². The quantitative estimate of drug-likeness (QED) is 0.378. The molecule has 172 valence electrons. The van der Waals surface area contributed by atoms with E-state index in [9.17, 15) is 9.59 Å². The molecule has 4 aromatic rings. The number of aliphatic hydroxyl groups is 1. The number of nitrogens with zero attached hydrogens (tertiary/aromatic N) is 3. The summed E-state index contributed by atoms with van der Waals surface area (Å²) >= 11 is 0. The molecule has 34 heavy (non-hydrogen) atoms. The van der Waals surface area contributed by atoms with Crippen LogP contribution in [0.25, 0.3) is 5.69 Å². The van der Waals surface area contributed by atoms with Crippen molar-refractivity contribution in [1.29, 1.82) is 0 Å². The zero-order chi connectivity index (χ0) is 24.2. The summed E-state index contributed by atoms with van der Waals surface area (Å²) in [5.41, 5.74) is 6.61. The van der Waals surface area contributed by atoms with Gasteiger partial charge in [0.05, 0.1) is 17.6 Å². The molecule has 4 rings (SSSR count). The van der Waals surface area contributed by atoms with E-state index in [1.165, 1.54) is 6.92 Å². The molecule has 0 radical (unpaired) electrons. The Kier molecular flexibility index (Phi) is 6.65. The maximum atomic E-state index is 13.4. The Morgan fingerprint density at radius 1 is 0.941 bits per heavy atom. The van der Waals surface area contributed by atoms with Crippen molar-refractivity contribution in [2.45, 2.75) is 27.2 Å². The van der Waals surface area contributed by atoms with Crippen LogP contribution in [-0.4, -0.2) is 38.3 Å². The van der Waals surface area contributed by atoms with Gasteiger partial charge < -0.3 is 10.4 Å². The third kappa shape index (κ3) is 4.94. The number of benzene rings is 3. The number of nitrogens with one attached hydrogen (secondary N) is 1. The summed E-state index contributed by atoms with van der Waals surface area (Å²) in [5, 5.41) is 20.6. The number of aromatic nitrogens is 3. The Bertz CT molecular complexity index is 1370. The summed E-state index contributed by atoms with van der Waals surface area (Å²) in [5.74, 6) is -0.0634. The lowest BCUT2D eigenvalue weighted by Crippen LogP contribution is -2.08. The fraction of sp³-hybridized carbons (Fsp3) is 0.185. The molecule has 1 aromatic heterocycles. The zero-order valence-corrected chi connectivity index (χ0v) is 19.4. The van der Waals surface area contributed by atoms with Crippen LogP contribution in [0.2, 0.25) is 0 Å². The Labute approximate surface area is 198 Å². The first kappa shape index (κ1) is 23.1. The van der Waals surface area contributed by atoms with Crippen LogP contribution in [-0.2, 0) is 6.42 Å². The van der Waals surface area contributed by atoms with E-state index in [4.69, 9.17) is 5.11 Å². The van der Waals surface area contributed by atoms with Gasteiger partial charge in [0.1, 0.15) is 0 Å². The number of carbonyl (C=O) groups excluding carboxylic acids is 2. The number of carbonyl (C=O) groups is 2. The highest BCUT2D eigenvalue weighted by atomic mass is 16.3. The molecule has 2 N–H and O–H groups in total. The zero-order valence-electron chi connectivity index (χ0n) is 19.4. The van der Waals surface area contributed by atoms with Crippen LogP contribution in [0.4, 0.5) is 11.4 Å². The van der Waals surface area contributed by atoms with Crippen LogP contribution in [0.5, 0.6) is 0 Å². The number of Topliss-reactive ketones (excluding diaryl/α,β-unsaturated/α-hetero) is 1. The fourth-order valence-electron chi connectivity index (χ4n) is 3.77. The summed E-state index contributed by atoms with van der Waals surface area (Å²) in [6.45, 7) is 5.35. The predicted octanol–water partition coefficient (Wildman–Crippen LogP) is 4.60. The molecule has 0 saturated carbocycles. The highest BCUT2D eigenvalue weighted by molar-refractivity contribution is 6.11. The van der Waals surface area contributed by atoms with E-state index >= 15 is 0 Å². The van der Waals surface area contributed by atoms with E-state index in [2.05, 4.69) is 15.6 Å². The van der Waals surface area contributed by atoms with Gasteiger partial charge in [-0.3, -0.25) is 9.59 Å². The van der Waals surface area contributed by atoms with Crippen LogP contribution in [0.1, 0.15) is 50.0 Å². The van der Waals surface area contributed by atoms with Crippen molar-refractivity contribution in [3.8, 4) is 5.69 Å². The van der Waals surface area contributed by atoms with E-state index in [0.29, 0.717) is 28.8 Å². The van der Waals surface area contributed by atoms with Gasteiger partial charge in [0.25, 0.3) is 0 Å². The first-order valence-corrected chi connectivity index (χ1v) is 11.0. The number of rotatable bonds is 8. The Morgan fingerprint density at radius 3 is 2.47 bits per heavy atom. The fourth-order valence-corrected chi connectivity index (χ4v) is 3.77. The molecule has 0 fully saturated rings. The lowest BCUT2D eigenvalue weighted by molar-refractivity contribution is 0.101. The Balaban J connectivity index is 1.59. The van der Waals surface area contributed by atoms with Crippen molar-refractivity contribution in [2.24, 2.45) is 0 Å². The third-order valence-corrected chi connectivity index (χ3v) is 5.67. The SMILES string of the molecule is CC(=O)c1cccc(Nc2ccc(C(=O)c3cc(-n4cc(CCO)nn4)ccc3C)c(C)c2)c1. The third-order valence-electron chi connectivity index (χ3n) is 5.67. The average molecular weight is 455 g/mol. The minimum Gasteiger partial charge on any atom is -0.396 e. The molecule has 7 heteroatoms. The normalized spacial score (nSPS) is 10.8. The topological polar surface area (TPSA) is 97.1 Å². The molecule has 0 aliphatic carbocycles. The van der Waals surface area contributed by atoms with Crippen LogP contribution < -0.4 is 5.32 Å². The van der Waals surface area contributed by atoms with Crippen molar-refractivity contribution < 1.29 is 14.7 Å². The van der Waals surface area contributed by atoms with Gasteiger partial charge >= 0.3 is 0 Å². The van der Waals surface area contributed by atoms with E-state index in [-0.39, 0.29) is 18.2 Å². The van der Waals surface area contributed by atoms with Crippen molar-refractivity contribution in [1.82, 2.24) is 15.0 Å². The summed E-state index contributed by atoms with van der Waals surface area (Å²) < 4.78 is 1.61. The van der Waals surface area contributed by atoms with Crippen molar-refractivity contribution in [2.75, 3.05) is 11.9 Å². The van der Waals surface area contributed by atoms with Crippen molar-refractivity contribution in [3.63, 3.8) is 0 Å². The van der Waals surface area contributed by atoms with Gasteiger partial charge in [-0.1, -0.05) is 23.4 Å². The second-order valence-corrected chi connectivity index (χ2v) is 8.25. The molecule has 0 spiro atoms. The molecule has 7 nitrogen and oxygen atoms in total. The summed E-state index contributed by atoms with van der Waals surface area (Å²) in [6.07, 6.45) is 2.18. The molecule has 3 aromatic carbocycles. The minimum absolute atomic E-state index is 0.00260. The lowest BCUT2D eigenvalue weighted by Gasteiger charge is -2.13. The first-order valence-electron chi connectivity index (χ1n) is 11.0. The number of hydrogen-bond acceptors (Lipinski definition) is 6. The Morgan fingerprint density at radius 2 is 1.74 bits per heavy atom. The van der Waals surface area contributed by atoms with Gasteiger partial charge in [0, 0.05) is 41.1 Å². The summed E-state index contributed by atoms with van der Waals surface area (Å²) in [4.78, 5) is 25.1. The standard InChI is InChI=1S/C27H26N4O3/c1-17-7-9-24(31-16-23(11-12-32)29-30-31)15-26(17)27(34)25-10-8-22(13-18(25)2)28-21-6-4-5-20(14-21)19(3)33/h4-10,13-16,28,32H,11-12H2,1-3H3. The van der Waals surface area contributed by atoms with Gasteiger partial charge in [-0.2, -0.15) is 0 Å². The van der Waals surface area contributed by atoms with Gasteiger partial charge in [0.15, 0.2) is 11.6 Å². The summed E-state index contributed by atoms with van der Waals surface area (Å²) in [6, 6.07) is 18.5. The van der Waals surface area contributed by atoms with Gasteiger partial charge in [0.2, 0.25) is 0 Å². The predicted molar refractivity (Wildman–Crippen MR) is 131 cm³/mol. The van der Waals surface area contributed by atoms with Gasteiger partial charge in [-0.25, -0.2) is 4.68 Å².